The summed E-state index contributed by atoms with van der Waals surface area (Å²) >= 11 is 0. The Balaban J connectivity index is 2.44. The van der Waals surface area contributed by atoms with Crippen LogP contribution in [-0.2, 0) is 0 Å². The van der Waals surface area contributed by atoms with E-state index in [1.54, 1.807) is 0 Å². The number of nitrogens with zero attached hydrogens (tertiary/aromatic N) is 1. The van der Waals surface area contributed by atoms with Crippen molar-refractivity contribution >= 4 is 0 Å². The van der Waals surface area contributed by atoms with Gasteiger partial charge in [-0.3, -0.25) is 0 Å². The van der Waals surface area contributed by atoms with Gasteiger partial charge in [0.25, 0.3) is 0 Å². The summed E-state index contributed by atoms with van der Waals surface area (Å²) in [5, 5.41) is 3.55. The van der Waals surface area contributed by atoms with Crippen molar-refractivity contribution in [3.8, 4) is 0 Å². The van der Waals surface area contributed by atoms with Gasteiger partial charge in [0.2, 0.25) is 0 Å². The summed E-state index contributed by atoms with van der Waals surface area (Å²) in [4.78, 5) is 2.65. The molecule has 2 nitrogen and oxygen atoms in total. The van der Waals surface area contributed by atoms with Crippen molar-refractivity contribution in [2.75, 3.05) is 19.6 Å². The summed E-state index contributed by atoms with van der Waals surface area (Å²) in [6.45, 7) is 15.0. The van der Waals surface area contributed by atoms with Crippen LogP contribution in [0.4, 0.5) is 0 Å². The molecule has 1 N–H and O–H groups in total. The number of hydrogen-bond donors (Lipinski definition) is 1. The quantitative estimate of drug-likeness (QED) is 0.697. The molecule has 1 aliphatic rings. The zero-order valence-electron chi connectivity index (χ0n) is 11.1. The zero-order chi connectivity index (χ0) is 11.5. The first-order valence-corrected chi connectivity index (χ1v) is 6.48. The topological polar surface area (TPSA) is 15.3 Å². The molecule has 0 amide bonds. The van der Waals surface area contributed by atoms with Crippen LogP contribution in [0.2, 0.25) is 0 Å². The number of hydrogen-bond acceptors (Lipinski definition) is 2. The molecule has 0 radical (unpaired) electrons. The summed E-state index contributed by atoms with van der Waals surface area (Å²) in [6.07, 6.45) is 2.83. The van der Waals surface area contributed by atoms with Crippen LogP contribution in [0.15, 0.2) is 0 Å². The molecule has 0 aromatic carbocycles. The maximum absolute atomic E-state index is 3.55. The van der Waals surface area contributed by atoms with Crippen molar-refractivity contribution in [2.24, 2.45) is 5.41 Å². The number of nitrogens with one attached hydrogen (secondary N) is 1. The first-order valence-electron chi connectivity index (χ1n) is 6.48. The van der Waals surface area contributed by atoms with Gasteiger partial charge in [-0.05, 0) is 38.3 Å². The van der Waals surface area contributed by atoms with Crippen LogP contribution < -0.4 is 5.32 Å². The number of rotatable bonds is 7. The van der Waals surface area contributed by atoms with Gasteiger partial charge in [-0.15, -0.1) is 0 Å². The standard InChI is InChI=1S/C13H28N2/c1-6-14-11(3)13(4,5)10-15(7-2)12-8-9-12/h11-12,14H,6-10H2,1-5H3. The lowest BCUT2D eigenvalue weighted by Gasteiger charge is -2.37. The summed E-state index contributed by atoms with van der Waals surface area (Å²) in [5.74, 6) is 0. The molecule has 0 aromatic heterocycles. The normalized spacial score (nSPS) is 19.6. The summed E-state index contributed by atoms with van der Waals surface area (Å²) in [5.41, 5.74) is 0.370. The minimum atomic E-state index is 0.370. The zero-order valence-corrected chi connectivity index (χ0v) is 11.1. The molecule has 0 saturated heterocycles. The predicted octanol–water partition coefficient (Wildman–Crippen LogP) is 2.49. The van der Waals surface area contributed by atoms with Gasteiger partial charge in [-0.2, -0.15) is 0 Å². The molecule has 2 heteroatoms. The van der Waals surface area contributed by atoms with E-state index in [0.717, 1.165) is 12.6 Å². The van der Waals surface area contributed by atoms with E-state index in [2.05, 4.69) is 44.8 Å². The molecule has 1 aliphatic carbocycles. The van der Waals surface area contributed by atoms with Crippen LogP contribution in [0.3, 0.4) is 0 Å². The van der Waals surface area contributed by atoms with Crippen molar-refractivity contribution in [1.29, 1.82) is 0 Å². The molecule has 1 saturated carbocycles. The Morgan fingerprint density at radius 3 is 2.33 bits per heavy atom. The lowest BCUT2D eigenvalue weighted by molar-refractivity contribution is 0.142. The molecular formula is C13H28N2. The maximum Gasteiger partial charge on any atom is 0.0102 e. The van der Waals surface area contributed by atoms with Gasteiger partial charge >= 0.3 is 0 Å². The van der Waals surface area contributed by atoms with Gasteiger partial charge in [0.15, 0.2) is 0 Å². The highest BCUT2D eigenvalue weighted by Crippen LogP contribution is 2.31. The second-order valence-corrected chi connectivity index (χ2v) is 5.56. The van der Waals surface area contributed by atoms with Gasteiger partial charge in [-0.1, -0.05) is 27.7 Å². The largest absolute Gasteiger partial charge is 0.314 e. The van der Waals surface area contributed by atoms with Crippen LogP contribution in [0.5, 0.6) is 0 Å². The Morgan fingerprint density at radius 2 is 1.93 bits per heavy atom. The van der Waals surface area contributed by atoms with Crippen LogP contribution in [0, 0.1) is 5.41 Å². The molecule has 1 unspecified atom stereocenters. The van der Waals surface area contributed by atoms with Crippen molar-refractivity contribution in [3.63, 3.8) is 0 Å². The Bertz CT molecular complexity index is 185. The predicted molar refractivity (Wildman–Crippen MR) is 67.2 cm³/mol. The minimum absolute atomic E-state index is 0.370. The highest BCUT2D eigenvalue weighted by Gasteiger charge is 2.34. The van der Waals surface area contributed by atoms with Gasteiger partial charge in [0.05, 0.1) is 0 Å². The van der Waals surface area contributed by atoms with E-state index in [1.165, 1.54) is 25.9 Å². The molecule has 1 atom stereocenters. The third kappa shape index (κ3) is 3.76. The van der Waals surface area contributed by atoms with Crippen LogP contribution in [0.1, 0.15) is 47.5 Å². The average molecular weight is 212 g/mol. The molecule has 0 aromatic rings. The van der Waals surface area contributed by atoms with E-state index in [-0.39, 0.29) is 0 Å². The van der Waals surface area contributed by atoms with Crippen molar-refractivity contribution in [3.05, 3.63) is 0 Å². The van der Waals surface area contributed by atoms with E-state index in [0.29, 0.717) is 11.5 Å². The Hall–Kier alpha value is -0.0800. The van der Waals surface area contributed by atoms with Gasteiger partial charge in [0.1, 0.15) is 0 Å². The second-order valence-electron chi connectivity index (χ2n) is 5.56. The minimum Gasteiger partial charge on any atom is -0.314 e. The maximum atomic E-state index is 3.55. The summed E-state index contributed by atoms with van der Waals surface area (Å²) in [6, 6.07) is 1.48. The highest BCUT2D eigenvalue weighted by molar-refractivity contribution is 4.90. The second kappa shape index (κ2) is 5.31. The average Bonchev–Trinajstić information content (AvgIpc) is 2.98. The van der Waals surface area contributed by atoms with E-state index < -0.39 is 0 Å². The van der Waals surface area contributed by atoms with Crippen LogP contribution in [-0.4, -0.2) is 36.6 Å². The van der Waals surface area contributed by atoms with Gasteiger partial charge < -0.3 is 10.2 Å². The van der Waals surface area contributed by atoms with E-state index in [4.69, 9.17) is 0 Å². The van der Waals surface area contributed by atoms with Crippen LogP contribution >= 0.6 is 0 Å². The third-order valence-corrected chi connectivity index (χ3v) is 3.76. The third-order valence-electron chi connectivity index (χ3n) is 3.76. The fourth-order valence-electron chi connectivity index (χ4n) is 2.18. The van der Waals surface area contributed by atoms with Crippen molar-refractivity contribution in [1.82, 2.24) is 10.2 Å². The fraction of sp³-hybridized carbons (Fsp3) is 1.00. The van der Waals surface area contributed by atoms with Crippen LogP contribution in [0.25, 0.3) is 0 Å². The fourth-order valence-corrected chi connectivity index (χ4v) is 2.18. The van der Waals surface area contributed by atoms with Crippen molar-refractivity contribution in [2.45, 2.75) is 59.5 Å². The lowest BCUT2D eigenvalue weighted by Crippen LogP contribution is -2.47. The molecule has 0 spiro atoms. The smallest absolute Gasteiger partial charge is 0.0102 e. The molecule has 0 bridgehead atoms. The van der Waals surface area contributed by atoms with E-state index >= 15 is 0 Å². The summed E-state index contributed by atoms with van der Waals surface area (Å²) < 4.78 is 0. The Labute approximate surface area is 95.4 Å². The molecule has 0 aliphatic heterocycles. The highest BCUT2D eigenvalue weighted by atomic mass is 15.2. The lowest BCUT2D eigenvalue weighted by atomic mass is 9.84. The molecule has 1 rings (SSSR count). The molecule has 90 valence electrons. The van der Waals surface area contributed by atoms with Gasteiger partial charge in [0, 0.05) is 18.6 Å². The molecule has 1 fully saturated rings. The van der Waals surface area contributed by atoms with E-state index in [9.17, 15) is 0 Å². The van der Waals surface area contributed by atoms with Gasteiger partial charge in [-0.25, -0.2) is 0 Å². The monoisotopic (exact) mass is 212 g/mol. The first kappa shape index (κ1) is 13.0. The Kier molecular flexibility index (Phi) is 4.60. The molecule has 15 heavy (non-hydrogen) atoms. The van der Waals surface area contributed by atoms with Crippen molar-refractivity contribution < 1.29 is 0 Å². The molecule has 0 heterocycles. The first-order chi connectivity index (χ1) is 7.01. The Morgan fingerprint density at radius 1 is 1.33 bits per heavy atom. The molecular weight excluding hydrogens is 184 g/mol. The summed E-state index contributed by atoms with van der Waals surface area (Å²) in [7, 11) is 0. The van der Waals surface area contributed by atoms with E-state index in [1.807, 2.05) is 0 Å². The SMILES string of the molecule is CCNC(C)C(C)(C)CN(CC)C1CC1.